The molecule has 3 aromatic rings. The van der Waals surface area contributed by atoms with Crippen molar-refractivity contribution in [2.45, 2.75) is 19.9 Å². The number of hydrogen-bond acceptors (Lipinski definition) is 9. The highest BCUT2D eigenvalue weighted by molar-refractivity contribution is 9.10. The largest absolute Gasteiger partial charge is 0.493 e. The minimum atomic E-state index is -0.774. The van der Waals surface area contributed by atoms with Gasteiger partial charge in [-0.25, -0.2) is 9.79 Å². The number of nitrogens with zero attached hydrogens (tertiary/aromatic N) is 2. The van der Waals surface area contributed by atoms with Crippen LogP contribution in [0.3, 0.4) is 0 Å². The summed E-state index contributed by atoms with van der Waals surface area (Å²) in [6.07, 6.45) is 1.76. The van der Waals surface area contributed by atoms with Gasteiger partial charge in [0.1, 0.15) is 0 Å². The van der Waals surface area contributed by atoms with Gasteiger partial charge in [-0.05, 0) is 71.2 Å². The Hall–Kier alpha value is -3.57. The van der Waals surface area contributed by atoms with E-state index < -0.39 is 12.0 Å². The third kappa shape index (κ3) is 4.95. The number of ether oxygens (including phenoxy) is 5. The third-order valence-electron chi connectivity index (χ3n) is 5.99. The smallest absolute Gasteiger partial charge is 0.338 e. The SMILES string of the molecule is CCOC(=O)C1=C(C)N=c2s/c(=C/c3cc(Br)c(OC)c(OC)c3)c(=O)n2C1c1ccc(OC)c(OC)c1. The Balaban J connectivity index is 1.96. The number of allylic oxidation sites excluding steroid dienone is 1. The average Bonchev–Trinajstić information content (AvgIpc) is 3.21. The van der Waals surface area contributed by atoms with Gasteiger partial charge >= 0.3 is 5.97 Å². The Labute approximate surface area is 231 Å². The van der Waals surface area contributed by atoms with E-state index in [1.54, 1.807) is 65.5 Å². The van der Waals surface area contributed by atoms with Gasteiger partial charge in [0.2, 0.25) is 0 Å². The summed E-state index contributed by atoms with van der Waals surface area (Å²) in [6.45, 7) is 3.66. The fourth-order valence-corrected chi connectivity index (χ4v) is 5.97. The van der Waals surface area contributed by atoms with Crippen LogP contribution in [0.4, 0.5) is 0 Å². The molecule has 0 fully saturated rings. The molecule has 4 rings (SSSR count). The van der Waals surface area contributed by atoms with E-state index in [2.05, 4.69) is 20.9 Å². The summed E-state index contributed by atoms with van der Waals surface area (Å²) in [5.74, 6) is 1.53. The van der Waals surface area contributed by atoms with Crippen LogP contribution in [0.15, 0.2) is 55.9 Å². The Morgan fingerprint density at radius 1 is 1.05 bits per heavy atom. The number of methoxy groups -OCH3 is 4. The number of hydrogen-bond donors (Lipinski definition) is 0. The fourth-order valence-electron chi connectivity index (χ4n) is 4.30. The van der Waals surface area contributed by atoms with Gasteiger partial charge in [-0.3, -0.25) is 9.36 Å². The van der Waals surface area contributed by atoms with Crippen molar-refractivity contribution in [1.82, 2.24) is 4.57 Å². The zero-order chi connectivity index (χ0) is 27.6. The molecule has 0 amide bonds. The highest BCUT2D eigenvalue weighted by atomic mass is 79.9. The minimum absolute atomic E-state index is 0.187. The van der Waals surface area contributed by atoms with E-state index in [0.717, 1.165) is 5.56 Å². The van der Waals surface area contributed by atoms with E-state index in [1.165, 1.54) is 23.0 Å². The van der Waals surface area contributed by atoms with Crippen molar-refractivity contribution >= 4 is 39.3 Å². The van der Waals surface area contributed by atoms with Gasteiger partial charge in [-0.15, -0.1) is 0 Å². The molecule has 0 aliphatic carbocycles. The highest BCUT2D eigenvalue weighted by Crippen LogP contribution is 2.37. The Bertz CT molecular complexity index is 1610. The summed E-state index contributed by atoms with van der Waals surface area (Å²) in [5, 5.41) is 0. The van der Waals surface area contributed by atoms with Gasteiger partial charge in [0.05, 0.1) is 61.4 Å². The van der Waals surface area contributed by atoms with Crippen molar-refractivity contribution in [2.24, 2.45) is 4.99 Å². The van der Waals surface area contributed by atoms with Crippen molar-refractivity contribution in [3.8, 4) is 23.0 Å². The van der Waals surface area contributed by atoms with Gasteiger partial charge in [0.25, 0.3) is 5.56 Å². The van der Waals surface area contributed by atoms with Gasteiger partial charge in [-0.1, -0.05) is 17.4 Å². The summed E-state index contributed by atoms with van der Waals surface area (Å²) in [4.78, 5) is 32.0. The maximum Gasteiger partial charge on any atom is 0.338 e. The summed E-state index contributed by atoms with van der Waals surface area (Å²) in [5.41, 5.74) is 1.84. The molecule has 11 heteroatoms. The Kier molecular flexibility index (Phi) is 8.27. The lowest BCUT2D eigenvalue weighted by Crippen LogP contribution is -2.40. The van der Waals surface area contributed by atoms with Crippen molar-refractivity contribution in [2.75, 3.05) is 35.0 Å². The predicted octanol–water partition coefficient (Wildman–Crippen LogP) is 3.60. The number of fused-ring (bicyclic) bond motifs is 1. The first-order chi connectivity index (χ1) is 18.3. The number of carbonyl (C=O) groups excluding carboxylic acids is 1. The number of aromatic nitrogens is 1. The summed E-state index contributed by atoms with van der Waals surface area (Å²) >= 11 is 4.73. The van der Waals surface area contributed by atoms with E-state index in [-0.39, 0.29) is 17.7 Å². The molecule has 1 unspecified atom stereocenters. The van der Waals surface area contributed by atoms with Gasteiger partial charge in [-0.2, -0.15) is 0 Å². The predicted molar refractivity (Wildman–Crippen MR) is 147 cm³/mol. The molecule has 0 saturated carbocycles. The Morgan fingerprint density at radius 3 is 2.39 bits per heavy atom. The first kappa shape index (κ1) is 27.5. The average molecular weight is 603 g/mol. The van der Waals surface area contributed by atoms with Crippen molar-refractivity contribution in [3.63, 3.8) is 0 Å². The van der Waals surface area contributed by atoms with Crippen LogP contribution in [0.5, 0.6) is 23.0 Å². The standard InChI is InChI=1S/C27H27BrN2O7S/c1-7-37-26(32)22-14(2)29-27-30(23(22)16-8-9-18(33-3)19(13-16)34-4)25(31)21(38-27)12-15-10-17(28)24(36-6)20(11-15)35-5/h8-13,23H,7H2,1-6H3/b21-12+. The van der Waals surface area contributed by atoms with Gasteiger partial charge < -0.3 is 23.7 Å². The second-order valence-electron chi connectivity index (χ2n) is 8.15. The lowest BCUT2D eigenvalue weighted by molar-refractivity contribution is -0.139. The molecule has 1 aromatic heterocycles. The van der Waals surface area contributed by atoms with Crippen LogP contribution in [0.25, 0.3) is 6.08 Å². The number of benzene rings is 2. The van der Waals surface area contributed by atoms with E-state index in [9.17, 15) is 9.59 Å². The van der Waals surface area contributed by atoms with Crippen molar-refractivity contribution in [3.05, 3.63) is 76.9 Å². The second kappa shape index (κ2) is 11.4. The first-order valence-corrected chi connectivity index (χ1v) is 13.2. The molecule has 1 atom stereocenters. The number of halogens is 1. The Morgan fingerprint density at radius 2 is 1.76 bits per heavy atom. The van der Waals surface area contributed by atoms with Crippen LogP contribution in [0.2, 0.25) is 0 Å². The molecule has 0 N–H and O–H groups in total. The topological polar surface area (TPSA) is 97.6 Å². The van der Waals surface area contributed by atoms with Crippen molar-refractivity contribution < 1.29 is 28.5 Å². The molecule has 38 heavy (non-hydrogen) atoms. The normalized spacial score (nSPS) is 15.0. The van der Waals surface area contributed by atoms with Crippen LogP contribution in [-0.4, -0.2) is 45.6 Å². The summed E-state index contributed by atoms with van der Waals surface area (Å²) in [7, 11) is 6.17. The summed E-state index contributed by atoms with van der Waals surface area (Å²) < 4.78 is 29.7. The zero-order valence-corrected chi connectivity index (χ0v) is 24.2. The molecule has 2 aromatic carbocycles. The molecule has 9 nitrogen and oxygen atoms in total. The molecular weight excluding hydrogens is 576 g/mol. The maximum absolute atomic E-state index is 13.9. The third-order valence-corrected chi connectivity index (χ3v) is 7.57. The van der Waals surface area contributed by atoms with Crippen LogP contribution in [0, 0.1) is 0 Å². The van der Waals surface area contributed by atoms with E-state index in [0.29, 0.717) is 48.1 Å². The van der Waals surface area contributed by atoms with Crippen molar-refractivity contribution in [1.29, 1.82) is 0 Å². The maximum atomic E-state index is 13.9. The zero-order valence-electron chi connectivity index (χ0n) is 21.8. The number of esters is 1. The second-order valence-corrected chi connectivity index (χ2v) is 10.0. The van der Waals surface area contributed by atoms with Gasteiger partial charge in [0.15, 0.2) is 27.8 Å². The number of rotatable bonds is 8. The molecule has 0 bridgehead atoms. The quantitative estimate of drug-likeness (QED) is 0.363. The highest BCUT2D eigenvalue weighted by Gasteiger charge is 2.34. The number of carbonyl (C=O) groups is 1. The molecular formula is C27H27BrN2O7S. The van der Waals surface area contributed by atoms with Crippen LogP contribution < -0.4 is 33.8 Å². The van der Waals surface area contributed by atoms with Crippen LogP contribution in [-0.2, 0) is 9.53 Å². The summed E-state index contributed by atoms with van der Waals surface area (Å²) in [6, 6.07) is 8.13. The van der Waals surface area contributed by atoms with Crippen LogP contribution >= 0.6 is 27.3 Å². The molecule has 1 aliphatic rings. The van der Waals surface area contributed by atoms with E-state index >= 15 is 0 Å². The lowest BCUT2D eigenvalue weighted by Gasteiger charge is -2.25. The monoisotopic (exact) mass is 602 g/mol. The molecule has 2 heterocycles. The van der Waals surface area contributed by atoms with E-state index in [1.807, 2.05) is 6.07 Å². The first-order valence-electron chi connectivity index (χ1n) is 11.6. The molecule has 0 saturated heterocycles. The molecule has 0 radical (unpaired) electrons. The lowest BCUT2D eigenvalue weighted by atomic mass is 9.95. The van der Waals surface area contributed by atoms with E-state index in [4.69, 9.17) is 23.7 Å². The fraction of sp³-hybridized carbons (Fsp3) is 0.296. The molecule has 200 valence electrons. The number of thiazole rings is 1. The van der Waals surface area contributed by atoms with Crippen LogP contribution in [0.1, 0.15) is 31.0 Å². The molecule has 0 spiro atoms. The van der Waals surface area contributed by atoms with Gasteiger partial charge in [0, 0.05) is 0 Å². The molecule has 1 aliphatic heterocycles. The minimum Gasteiger partial charge on any atom is -0.493 e.